The summed E-state index contributed by atoms with van der Waals surface area (Å²) in [5.41, 5.74) is 0.0728. The topological polar surface area (TPSA) is 62.3 Å². The van der Waals surface area contributed by atoms with E-state index in [4.69, 9.17) is 0 Å². The van der Waals surface area contributed by atoms with Gasteiger partial charge in [0, 0.05) is 25.7 Å². The Hall–Kier alpha value is -1.56. The molecular weight excluding hydrogens is 298 g/mol. The minimum absolute atomic E-state index is 0.0499. The van der Waals surface area contributed by atoms with Gasteiger partial charge in [-0.15, -0.1) is 0 Å². The van der Waals surface area contributed by atoms with Crippen molar-refractivity contribution in [1.82, 2.24) is 15.2 Å². The monoisotopic (exact) mass is 321 g/mol. The molecule has 120 valence electrons. The molecule has 0 aromatic carbocycles. The summed E-state index contributed by atoms with van der Waals surface area (Å²) in [6, 6.07) is 5.54. The third kappa shape index (κ3) is 5.33. The molecule has 1 aromatic rings. The maximum atomic E-state index is 12.0. The van der Waals surface area contributed by atoms with Crippen molar-refractivity contribution in [3.63, 3.8) is 0 Å². The van der Waals surface area contributed by atoms with Crippen molar-refractivity contribution in [2.45, 2.75) is 38.3 Å². The molecule has 2 heterocycles. The Bertz CT molecular complexity index is 528. The van der Waals surface area contributed by atoms with E-state index in [1.165, 1.54) is 11.8 Å². The number of nitrogens with one attached hydrogen (secondary N) is 1. The van der Waals surface area contributed by atoms with Crippen molar-refractivity contribution in [1.29, 1.82) is 0 Å². The number of hydrogen-bond acceptors (Lipinski definition) is 4. The van der Waals surface area contributed by atoms with Gasteiger partial charge in [0.1, 0.15) is 0 Å². The van der Waals surface area contributed by atoms with Gasteiger partial charge in [0.25, 0.3) is 0 Å². The average molecular weight is 321 g/mol. The fourth-order valence-electron chi connectivity index (χ4n) is 2.44. The highest BCUT2D eigenvalue weighted by molar-refractivity contribution is 7.99. The standard InChI is InChI=1S/C16H23N3O2S/c1-16(2,3)11-19-9-12(8-15(19)21)18-13(20)10-22-14-6-4-5-7-17-14/h4-7,12H,8-11H2,1-3H3,(H,18,20). The summed E-state index contributed by atoms with van der Waals surface area (Å²) < 4.78 is 0. The predicted octanol–water partition coefficient (Wildman–Crippen LogP) is 1.94. The number of likely N-dealkylation sites (tertiary alicyclic amines) is 1. The molecule has 0 saturated carbocycles. The molecule has 1 fully saturated rings. The molecule has 1 unspecified atom stereocenters. The molecule has 5 nitrogen and oxygen atoms in total. The van der Waals surface area contributed by atoms with E-state index in [0.717, 1.165) is 11.6 Å². The van der Waals surface area contributed by atoms with Gasteiger partial charge in [0.2, 0.25) is 11.8 Å². The van der Waals surface area contributed by atoms with Crippen LogP contribution in [0.3, 0.4) is 0 Å². The zero-order valence-corrected chi connectivity index (χ0v) is 14.2. The van der Waals surface area contributed by atoms with E-state index in [1.807, 2.05) is 23.1 Å². The van der Waals surface area contributed by atoms with Crippen LogP contribution in [0.1, 0.15) is 27.2 Å². The van der Waals surface area contributed by atoms with Crippen molar-refractivity contribution in [3.8, 4) is 0 Å². The molecule has 0 radical (unpaired) electrons. The SMILES string of the molecule is CC(C)(C)CN1CC(NC(=O)CSc2ccccn2)CC1=O. The van der Waals surface area contributed by atoms with Crippen molar-refractivity contribution in [2.24, 2.45) is 5.41 Å². The number of carbonyl (C=O) groups excluding carboxylic acids is 2. The lowest BCUT2D eigenvalue weighted by molar-refractivity contribution is -0.128. The van der Waals surface area contributed by atoms with Gasteiger partial charge in [-0.1, -0.05) is 38.6 Å². The van der Waals surface area contributed by atoms with Gasteiger partial charge in [0.05, 0.1) is 16.8 Å². The molecular formula is C16H23N3O2S. The quantitative estimate of drug-likeness (QED) is 0.842. The summed E-state index contributed by atoms with van der Waals surface area (Å²) >= 11 is 1.40. The van der Waals surface area contributed by atoms with Crippen LogP contribution in [0.15, 0.2) is 29.4 Å². The number of aromatic nitrogens is 1. The molecule has 0 spiro atoms. The molecule has 1 N–H and O–H groups in total. The number of nitrogens with zero attached hydrogens (tertiary/aromatic N) is 2. The third-order valence-electron chi connectivity index (χ3n) is 3.23. The van der Waals surface area contributed by atoms with Gasteiger partial charge >= 0.3 is 0 Å². The Kier molecular flexibility index (Phi) is 5.45. The van der Waals surface area contributed by atoms with Gasteiger partial charge < -0.3 is 10.2 Å². The van der Waals surface area contributed by atoms with E-state index in [-0.39, 0.29) is 23.3 Å². The van der Waals surface area contributed by atoms with Crippen LogP contribution >= 0.6 is 11.8 Å². The smallest absolute Gasteiger partial charge is 0.230 e. The maximum Gasteiger partial charge on any atom is 0.230 e. The molecule has 1 saturated heterocycles. The van der Waals surface area contributed by atoms with Crippen molar-refractivity contribution in [3.05, 3.63) is 24.4 Å². The Morgan fingerprint density at radius 1 is 1.45 bits per heavy atom. The molecule has 1 aromatic heterocycles. The molecule has 22 heavy (non-hydrogen) atoms. The number of thioether (sulfide) groups is 1. The molecule has 0 bridgehead atoms. The van der Waals surface area contributed by atoms with E-state index in [9.17, 15) is 9.59 Å². The van der Waals surface area contributed by atoms with Crippen molar-refractivity contribution < 1.29 is 9.59 Å². The lowest BCUT2D eigenvalue weighted by Gasteiger charge is -2.26. The Morgan fingerprint density at radius 3 is 2.86 bits per heavy atom. The number of rotatable bonds is 5. The van der Waals surface area contributed by atoms with Crippen LogP contribution < -0.4 is 5.32 Å². The molecule has 0 aliphatic carbocycles. The lowest BCUT2D eigenvalue weighted by atomic mass is 9.96. The van der Waals surface area contributed by atoms with Crippen LogP contribution in [0, 0.1) is 5.41 Å². The minimum atomic E-state index is -0.0771. The molecule has 1 aliphatic rings. The Labute approximate surface area is 135 Å². The lowest BCUT2D eigenvalue weighted by Crippen LogP contribution is -2.39. The van der Waals surface area contributed by atoms with Crippen LogP contribution in [0.4, 0.5) is 0 Å². The van der Waals surface area contributed by atoms with E-state index in [2.05, 4.69) is 31.1 Å². The van der Waals surface area contributed by atoms with Crippen LogP contribution in [0.2, 0.25) is 0 Å². The molecule has 1 atom stereocenters. The first kappa shape index (κ1) is 16.8. The van der Waals surface area contributed by atoms with Gasteiger partial charge in [0.15, 0.2) is 0 Å². The maximum absolute atomic E-state index is 12.0. The van der Waals surface area contributed by atoms with Crippen molar-refractivity contribution in [2.75, 3.05) is 18.8 Å². The summed E-state index contributed by atoms with van der Waals surface area (Å²) in [5, 5.41) is 3.77. The summed E-state index contributed by atoms with van der Waals surface area (Å²) in [7, 11) is 0. The van der Waals surface area contributed by atoms with E-state index in [0.29, 0.717) is 18.7 Å². The summed E-state index contributed by atoms with van der Waals surface area (Å²) in [6.45, 7) is 7.65. The summed E-state index contributed by atoms with van der Waals surface area (Å²) in [5.74, 6) is 0.393. The Morgan fingerprint density at radius 2 is 2.23 bits per heavy atom. The Balaban J connectivity index is 1.77. The zero-order valence-electron chi connectivity index (χ0n) is 13.3. The molecule has 6 heteroatoms. The fourth-order valence-corrected chi connectivity index (χ4v) is 3.11. The van der Waals surface area contributed by atoms with Crippen LogP contribution in [0.25, 0.3) is 0 Å². The second-order valence-electron chi connectivity index (χ2n) is 6.76. The van der Waals surface area contributed by atoms with Gasteiger partial charge in [-0.2, -0.15) is 0 Å². The second-order valence-corrected chi connectivity index (χ2v) is 7.76. The van der Waals surface area contributed by atoms with Crippen molar-refractivity contribution >= 4 is 23.6 Å². The highest BCUT2D eigenvalue weighted by Gasteiger charge is 2.32. The first-order valence-corrected chi connectivity index (χ1v) is 8.43. The zero-order chi connectivity index (χ0) is 16.2. The second kappa shape index (κ2) is 7.13. The summed E-state index contributed by atoms with van der Waals surface area (Å²) in [4.78, 5) is 30.0. The van der Waals surface area contributed by atoms with Crippen LogP contribution in [0.5, 0.6) is 0 Å². The van der Waals surface area contributed by atoms with Crippen LogP contribution in [-0.4, -0.2) is 46.6 Å². The van der Waals surface area contributed by atoms with E-state index in [1.54, 1.807) is 6.20 Å². The first-order valence-electron chi connectivity index (χ1n) is 7.44. The predicted molar refractivity (Wildman–Crippen MR) is 87.5 cm³/mol. The number of pyridine rings is 1. The normalized spacial score (nSPS) is 18.6. The summed E-state index contributed by atoms with van der Waals surface area (Å²) in [6.07, 6.45) is 2.11. The van der Waals surface area contributed by atoms with E-state index < -0.39 is 0 Å². The number of amides is 2. The highest BCUT2D eigenvalue weighted by atomic mass is 32.2. The third-order valence-corrected chi connectivity index (χ3v) is 4.18. The largest absolute Gasteiger partial charge is 0.350 e. The van der Waals surface area contributed by atoms with Gasteiger partial charge in [-0.05, 0) is 17.5 Å². The highest BCUT2D eigenvalue weighted by Crippen LogP contribution is 2.20. The van der Waals surface area contributed by atoms with Gasteiger partial charge in [-0.25, -0.2) is 4.98 Å². The number of carbonyl (C=O) groups is 2. The molecule has 1 aliphatic heterocycles. The van der Waals surface area contributed by atoms with Gasteiger partial charge in [-0.3, -0.25) is 9.59 Å². The fraction of sp³-hybridized carbons (Fsp3) is 0.562. The number of hydrogen-bond donors (Lipinski definition) is 1. The first-order chi connectivity index (χ1) is 10.3. The van der Waals surface area contributed by atoms with Crippen LogP contribution in [-0.2, 0) is 9.59 Å². The minimum Gasteiger partial charge on any atom is -0.350 e. The molecule has 2 rings (SSSR count). The average Bonchev–Trinajstić information content (AvgIpc) is 2.75. The van der Waals surface area contributed by atoms with E-state index >= 15 is 0 Å². The molecule has 2 amide bonds.